The molecule has 2 heterocycles. The smallest absolute Gasteiger partial charge is 0.232 e. The molecular weight excluding hydrogens is 369 g/mol. The minimum absolute atomic E-state index is 0.138. The number of piperidine rings is 1. The highest BCUT2D eigenvalue weighted by Crippen LogP contribution is 2.27. The summed E-state index contributed by atoms with van der Waals surface area (Å²) in [5.41, 5.74) is 1.00. The van der Waals surface area contributed by atoms with Crippen LogP contribution < -0.4 is 0 Å². The summed E-state index contributed by atoms with van der Waals surface area (Å²) in [6, 6.07) is 5.47. The third-order valence-electron chi connectivity index (χ3n) is 4.34. The number of hydrogen-bond acceptors (Lipinski definition) is 4. The number of rotatable bonds is 5. The van der Waals surface area contributed by atoms with E-state index in [0.717, 1.165) is 31.5 Å². The van der Waals surface area contributed by atoms with Crippen LogP contribution in [0.3, 0.4) is 0 Å². The molecule has 4 nitrogen and oxygen atoms in total. The van der Waals surface area contributed by atoms with Crippen molar-refractivity contribution in [3.8, 4) is 0 Å². The molecule has 0 saturated carbocycles. The summed E-state index contributed by atoms with van der Waals surface area (Å²) in [7, 11) is 0. The van der Waals surface area contributed by atoms with Crippen molar-refractivity contribution in [3.63, 3.8) is 0 Å². The molecular formula is C17H21Cl2NO3S. The van der Waals surface area contributed by atoms with Crippen LogP contribution in [0, 0.1) is 5.92 Å². The lowest BCUT2D eigenvalue weighted by Crippen LogP contribution is -2.44. The minimum atomic E-state index is -0.138. The molecule has 0 bridgehead atoms. The number of hydrogen-bond donors (Lipinski definition) is 0. The topological polar surface area (TPSA) is 38.8 Å². The number of halogens is 2. The van der Waals surface area contributed by atoms with Crippen LogP contribution in [-0.2, 0) is 20.0 Å². The van der Waals surface area contributed by atoms with Crippen LogP contribution in [-0.4, -0.2) is 49.2 Å². The number of benzene rings is 1. The van der Waals surface area contributed by atoms with Gasteiger partial charge in [0.25, 0.3) is 0 Å². The molecule has 1 unspecified atom stereocenters. The molecule has 2 aliphatic rings. The quantitative estimate of drug-likeness (QED) is 0.766. The van der Waals surface area contributed by atoms with E-state index in [9.17, 15) is 4.79 Å². The highest BCUT2D eigenvalue weighted by molar-refractivity contribution is 7.99. The van der Waals surface area contributed by atoms with Gasteiger partial charge in [0.15, 0.2) is 6.29 Å². The Bertz CT molecular complexity index is 581. The van der Waals surface area contributed by atoms with Crippen molar-refractivity contribution in [2.24, 2.45) is 5.92 Å². The van der Waals surface area contributed by atoms with Crippen molar-refractivity contribution in [1.82, 2.24) is 4.90 Å². The van der Waals surface area contributed by atoms with Gasteiger partial charge in [-0.25, -0.2) is 0 Å². The van der Waals surface area contributed by atoms with Gasteiger partial charge < -0.3 is 14.4 Å². The van der Waals surface area contributed by atoms with Gasteiger partial charge in [0, 0.05) is 34.8 Å². The predicted octanol–water partition coefficient (Wildman–Crippen LogP) is 3.84. The van der Waals surface area contributed by atoms with E-state index in [4.69, 9.17) is 32.7 Å². The van der Waals surface area contributed by atoms with Gasteiger partial charge in [0.2, 0.25) is 5.91 Å². The van der Waals surface area contributed by atoms with Crippen molar-refractivity contribution in [3.05, 3.63) is 33.8 Å². The molecule has 1 aromatic rings. The summed E-state index contributed by atoms with van der Waals surface area (Å²) in [6.45, 7) is 2.87. The molecule has 132 valence electrons. The van der Waals surface area contributed by atoms with Gasteiger partial charge >= 0.3 is 0 Å². The Labute approximate surface area is 156 Å². The predicted molar refractivity (Wildman–Crippen MR) is 97.6 cm³/mol. The second-order valence-electron chi connectivity index (χ2n) is 6.08. The Balaban J connectivity index is 1.45. The third kappa shape index (κ3) is 4.79. The summed E-state index contributed by atoms with van der Waals surface area (Å²) in [5, 5.41) is 1.27. The van der Waals surface area contributed by atoms with Gasteiger partial charge in [0.1, 0.15) is 0 Å². The standard InChI is InChI=1S/C17H21Cl2NO3S/c18-14-4-3-13(15(19)8-14)10-24-11-16(21)20-5-1-2-12(9-20)17-22-6-7-23-17/h3-4,8,12,17H,1-2,5-7,9-11H2. The largest absolute Gasteiger partial charge is 0.350 e. The second-order valence-corrected chi connectivity index (χ2v) is 7.91. The fraction of sp³-hybridized carbons (Fsp3) is 0.588. The maximum atomic E-state index is 12.5. The van der Waals surface area contributed by atoms with Crippen LogP contribution in [0.1, 0.15) is 18.4 Å². The van der Waals surface area contributed by atoms with Gasteiger partial charge in [0.05, 0.1) is 19.0 Å². The van der Waals surface area contributed by atoms with Crippen molar-refractivity contribution in [1.29, 1.82) is 0 Å². The Morgan fingerprint density at radius 1 is 1.29 bits per heavy atom. The van der Waals surface area contributed by atoms with Crippen molar-refractivity contribution >= 4 is 40.9 Å². The van der Waals surface area contributed by atoms with E-state index in [2.05, 4.69) is 0 Å². The third-order valence-corrected chi connectivity index (χ3v) is 5.89. The van der Waals surface area contributed by atoms with E-state index in [1.165, 1.54) is 0 Å². The first-order valence-corrected chi connectivity index (χ1v) is 10.1. The Kier molecular flexibility index (Phi) is 6.70. The molecule has 0 N–H and O–H groups in total. The van der Waals surface area contributed by atoms with Gasteiger partial charge in [-0.3, -0.25) is 4.79 Å². The van der Waals surface area contributed by atoms with Crippen LogP contribution in [0.25, 0.3) is 0 Å². The number of likely N-dealkylation sites (tertiary alicyclic amines) is 1. The average Bonchev–Trinajstić information content (AvgIpc) is 3.11. The fourth-order valence-electron chi connectivity index (χ4n) is 3.09. The molecule has 1 amide bonds. The number of nitrogens with zero attached hydrogens (tertiary/aromatic N) is 1. The highest BCUT2D eigenvalue weighted by Gasteiger charge is 2.32. The first-order valence-electron chi connectivity index (χ1n) is 8.16. The molecule has 0 aromatic heterocycles. The maximum Gasteiger partial charge on any atom is 0.232 e. The Hall–Kier alpha value is -0.460. The summed E-state index contributed by atoms with van der Waals surface area (Å²) in [4.78, 5) is 14.4. The van der Waals surface area contributed by atoms with Gasteiger partial charge in [-0.15, -0.1) is 11.8 Å². The average molecular weight is 390 g/mol. The van der Waals surface area contributed by atoms with Gasteiger partial charge in [-0.1, -0.05) is 29.3 Å². The first kappa shape index (κ1) is 18.3. The molecule has 1 aromatic carbocycles. The van der Waals surface area contributed by atoms with Crippen LogP contribution in [0.4, 0.5) is 0 Å². The maximum absolute atomic E-state index is 12.5. The zero-order valence-corrected chi connectivity index (χ0v) is 15.7. The Morgan fingerprint density at radius 2 is 2.08 bits per heavy atom. The molecule has 2 saturated heterocycles. The van der Waals surface area contributed by atoms with E-state index < -0.39 is 0 Å². The van der Waals surface area contributed by atoms with Gasteiger partial charge in [-0.05, 0) is 30.5 Å². The van der Waals surface area contributed by atoms with E-state index >= 15 is 0 Å². The number of carbonyl (C=O) groups is 1. The van der Waals surface area contributed by atoms with Crippen LogP contribution in [0.5, 0.6) is 0 Å². The lowest BCUT2D eigenvalue weighted by atomic mass is 9.97. The van der Waals surface area contributed by atoms with Crippen molar-refractivity contribution in [2.75, 3.05) is 32.1 Å². The number of thioether (sulfide) groups is 1. The van der Waals surface area contributed by atoms with E-state index in [1.54, 1.807) is 17.8 Å². The first-order chi connectivity index (χ1) is 11.6. The molecule has 24 heavy (non-hydrogen) atoms. The molecule has 2 aliphatic heterocycles. The van der Waals surface area contributed by atoms with Crippen molar-refractivity contribution in [2.45, 2.75) is 24.9 Å². The molecule has 3 rings (SSSR count). The summed E-state index contributed by atoms with van der Waals surface area (Å²) in [6.07, 6.45) is 1.93. The molecule has 0 aliphatic carbocycles. The van der Waals surface area contributed by atoms with Crippen LogP contribution >= 0.6 is 35.0 Å². The SMILES string of the molecule is O=C(CSCc1ccc(Cl)cc1Cl)N1CCCC(C2OCCO2)C1. The molecule has 2 fully saturated rings. The van der Waals surface area contributed by atoms with E-state index in [-0.39, 0.29) is 12.2 Å². The summed E-state index contributed by atoms with van der Waals surface area (Å²) in [5.74, 6) is 1.63. The zero-order chi connectivity index (χ0) is 16.9. The van der Waals surface area contributed by atoms with Crippen LogP contribution in [0.15, 0.2) is 18.2 Å². The summed E-state index contributed by atoms with van der Waals surface area (Å²) < 4.78 is 11.2. The van der Waals surface area contributed by atoms with E-state index in [1.807, 2.05) is 17.0 Å². The number of carbonyl (C=O) groups excluding carboxylic acids is 1. The lowest BCUT2D eigenvalue weighted by Gasteiger charge is -2.34. The highest BCUT2D eigenvalue weighted by atomic mass is 35.5. The molecule has 7 heteroatoms. The molecule has 0 spiro atoms. The van der Waals surface area contributed by atoms with E-state index in [0.29, 0.717) is 40.7 Å². The molecule has 1 atom stereocenters. The molecule has 0 radical (unpaired) electrons. The lowest BCUT2D eigenvalue weighted by molar-refractivity contribution is -0.136. The van der Waals surface area contributed by atoms with Gasteiger partial charge in [-0.2, -0.15) is 0 Å². The van der Waals surface area contributed by atoms with Crippen LogP contribution in [0.2, 0.25) is 10.0 Å². The zero-order valence-electron chi connectivity index (χ0n) is 13.4. The fourth-order valence-corrected chi connectivity index (χ4v) is 4.57. The monoisotopic (exact) mass is 389 g/mol. The second kappa shape index (κ2) is 8.77. The number of ether oxygens (including phenoxy) is 2. The number of amides is 1. The minimum Gasteiger partial charge on any atom is -0.350 e. The Morgan fingerprint density at radius 3 is 2.83 bits per heavy atom. The van der Waals surface area contributed by atoms with Crippen molar-refractivity contribution < 1.29 is 14.3 Å². The summed E-state index contributed by atoms with van der Waals surface area (Å²) >= 11 is 13.6. The normalized spacial score (nSPS) is 22.1.